The number of carbonyl (C=O) groups is 2. The van der Waals surface area contributed by atoms with Crippen molar-refractivity contribution in [1.29, 1.82) is 0 Å². The number of hydrogen-bond acceptors (Lipinski definition) is 5. The number of rotatable bonds is 6. The number of benzene rings is 1. The Morgan fingerprint density at radius 1 is 1.15 bits per heavy atom. The van der Waals surface area contributed by atoms with Gasteiger partial charge in [-0.25, -0.2) is 0 Å². The Hall–Kier alpha value is -3.48. The maximum absolute atomic E-state index is 13.5. The van der Waals surface area contributed by atoms with Crippen LogP contribution >= 0.6 is 0 Å². The molecule has 4 rings (SSSR count). The molecule has 0 radical (unpaired) electrons. The number of pyridine rings is 1. The lowest BCUT2D eigenvalue weighted by molar-refractivity contribution is -0.133. The van der Waals surface area contributed by atoms with Crippen molar-refractivity contribution in [2.45, 2.75) is 40.0 Å². The van der Waals surface area contributed by atoms with Gasteiger partial charge in [-0.2, -0.15) is 0 Å². The van der Waals surface area contributed by atoms with E-state index < -0.39 is 5.41 Å². The van der Waals surface area contributed by atoms with Gasteiger partial charge in [0.25, 0.3) is 5.91 Å². The van der Waals surface area contributed by atoms with Crippen LogP contribution in [0.3, 0.4) is 0 Å². The molecule has 1 saturated heterocycles. The van der Waals surface area contributed by atoms with Gasteiger partial charge in [-0.05, 0) is 68.9 Å². The quantitative estimate of drug-likeness (QED) is 0.619. The molecule has 7 nitrogen and oxygen atoms in total. The monoisotopic (exact) mass is 446 g/mol. The van der Waals surface area contributed by atoms with Gasteiger partial charge in [0.2, 0.25) is 5.91 Å². The first-order chi connectivity index (χ1) is 15.9. The predicted octanol–water partition coefficient (Wildman–Crippen LogP) is 3.95. The smallest absolute Gasteiger partial charge is 0.259 e. The van der Waals surface area contributed by atoms with E-state index in [-0.39, 0.29) is 11.8 Å². The molecule has 0 spiro atoms. The molecule has 1 fully saturated rings. The highest BCUT2D eigenvalue weighted by atomic mass is 16.5. The maximum Gasteiger partial charge on any atom is 0.259 e. The van der Waals surface area contributed by atoms with Crippen LogP contribution in [0.25, 0.3) is 11.1 Å². The SMILES string of the molecule is CCNC(=O)C1(Cc2ccccc2-c2ccncc2)CCCN(C(=O)c2c(C)noc2C)C1. The molecule has 2 aromatic heterocycles. The number of likely N-dealkylation sites (tertiary alicyclic amines) is 1. The molecule has 33 heavy (non-hydrogen) atoms. The first-order valence-electron chi connectivity index (χ1n) is 11.4. The lowest BCUT2D eigenvalue weighted by Crippen LogP contribution is -2.54. The molecule has 172 valence electrons. The average molecular weight is 447 g/mol. The Morgan fingerprint density at radius 3 is 2.61 bits per heavy atom. The fourth-order valence-corrected chi connectivity index (χ4v) is 4.86. The molecule has 0 bridgehead atoms. The molecule has 1 aromatic carbocycles. The van der Waals surface area contributed by atoms with E-state index in [1.807, 2.05) is 31.2 Å². The van der Waals surface area contributed by atoms with Crippen LogP contribution in [0.1, 0.15) is 47.1 Å². The first-order valence-corrected chi connectivity index (χ1v) is 11.4. The lowest BCUT2D eigenvalue weighted by atomic mass is 9.73. The molecular formula is C26H30N4O3. The van der Waals surface area contributed by atoms with Gasteiger partial charge in [0, 0.05) is 32.0 Å². The van der Waals surface area contributed by atoms with E-state index in [1.165, 1.54) is 0 Å². The topological polar surface area (TPSA) is 88.3 Å². The first kappa shape index (κ1) is 22.7. The van der Waals surface area contributed by atoms with E-state index in [4.69, 9.17) is 4.52 Å². The third kappa shape index (κ3) is 4.53. The number of nitrogens with zero attached hydrogens (tertiary/aromatic N) is 3. The molecule has 1 atom stereocenters. The maximum atomic E-state index is 13.5. The zero-order valence-electron chi connectivity index (χ0n) is 19.4. The molecule has 1 aliphatic heterocycles. The summed E-state index contributed by atoms with van der Waals surface area (Å²) in [5.41, 5.74) is 3.59. The zero-order valence-corrected chi connectivity index (χ0v) is 19.4. The third-order valence-corrected chi connectivity index (χ3v) is 6.47. The van der Waals surface area contributed by atoms with Gasteiger partial charge in [0.05, 0.1) is 11.1 Å². The van der Waals surface area contributed by atoms with Gasteiger partial charge in [-0.1, -0.05) is 29.4 Å². The van der Waals surface area contributed by atoms with Gasteiger partial charge in [-0.3, -0.25) is 14.6 Å². The number of nitrogens with one attached hydrogen (secondary N) is 1. The highest BCUT2D eigenvalue weighted by Gasteiger charge is 2.44. The van der Waals surface area contributed by atoms with Crippen LogP contribution < -0.4 is 5.32 Å². The molecule has 1 N–H and O–H groups in total. The molecule has 0 aliphatic carbocycles. The normalized spacial score (nSPS) is 18.2. The van der Waals surface area contributed by atoms with E-state index in [0.29, 0.717) is 43.1 Å². The highest BCUT2D eigenvalue weighted by molar-refractivity contribution is 5.97. The van der Waals surface area contributed by atoms with E-state index in [2.05, 4.69) is 27.6 Å². The summed E-state index contributed by atoms with van der Waals surface area (Å²) >= 11 is 0. The van der Waals surface area contributed by atoms with Crippen molar-refractivity contribution in [3.63, 3.8) is 0 Å². The fraction of sp³-hybridized carbons (Fsp3) is 0.385. The summed E-state index contributed by atoms with van der Waals surface area (Å²) in [6, 6.07) is 12.1. The molecule has 1 unspecified atom stereocenters. The van der Waals surface area contributed by atoms with E-state index >= 15 is 0 Å². The largest absolute Gasteiger partial charge is 0.361 e. The summed E-state index contributed by atoms with van der Waals surface area (Å²) < 4.78 is 5.22. The molecule has 2 amide bonds. The van der Waals surface area contributed by atoms with Crippen LogP contribution in [-0.2, 0) is 11.2 Å². The lowest BCUT2D eigenvalue weighted by Gasteiger charge is -2.42. The fourth-order valence-electron chi connectivity index (χ4n) is 4.86. The Kier molecular flexibility index (Phi) is 6.58. The number of aromatic nitrogens is 2. The minimum Gasteiger partial charge on any atom is -0.361 e. The van der Waals surface area contributed by atoms with Crippen LogP contribution in [0, 0.1) is 19.3 Å². The molecular weight excluding hydrogens is 416 g/mol. The summed E-state index contributed by atoms with van der Waals surface area (Å²) in [5.74, 6) is 0.377. The second-order valence-electron chi connectivity index (χ2n) is 8.74. The van der Waals surface area contributed by atoms with Crippen LogP contribution in [0.15, 0.2) is 53.3 Å². The van der Waals surface area contributed by atoms with Crippen molar-refractivity contribution in [3.05, 3.63) is 71.4 Å². The van der Waals surface area contributed by atoms with E-state index in [1.54, 1.807) is 31.1 Å². The predicted molar refractivity (Wildman–Crippen MR) is 126 cm³/mol. The number of aryl methyl sites for hydroxylation is 2. The highest BCUT2D eigenvalue weighted by Crippen LogP contribution is 2.38. The second-order valence-corrected chi connectivity index (χ2v) is 8.74. The summed E-state index contributed by atoms with van der Waals surface area (Å²) in [7, 11) is 0. The Balaban J connectivity index is 1.70. The molecule has 3 aromatic rings. The number of carbonyl (C=O) groups excluding carboxylic acids is 2. The van der Waals surface area contributed by atoms with Gasteiger partial charge < -0.3 is 14.7 Å². The minimum atomic E-state index is -0.716. The van der Waals surface area contributed by atoms with E-state index in [0.717, 1.165) is 29.5 Å². The van der Waals surface area contributed by atoms with Gasteiger partial charge in [-0.15, -0.1) is 0 Å². The van der Waals surface area contributed by atoms with Crippen molar-refractivity contribution in [3.8, 4) is 11.1 Å². The van der Waals surface area contributed by atoms with Crippen LogP contribution in [0.2, 0.25) is 0 Å². The van der Waals surface area contributed by atoms with Crippen LogP contribution in [0.4, 0.5) is 0 Å². The number of hydrogen-bond donors (Lipinski definition) is 1. The zero-order chi connectivity index (χ0) is 23.4. The Morgan fingerprint density at radius 2 is 1.91 bits per heavy atom. The van der Waals surface area contributed by atoms with Crippen molar-refractivity contribution in [1.82, 2.24) is 20.4 Å². The van der Waals surface area contributed by atoms with Crippen molar-refractivity contribution < 1.29 is 14.1 Å². The van der Waals surface area contributed by atoms with Crippen LogP contribution in [0.5, 0.6) is 0 Å². The standard InChI is InChI=1S/C26H30N4O3/c1-4-28-25(32)26(16-21-8-5-6-9-22(21)20-10-13-27-14-11-20)12-7-15-30(17-26)24(31)23-18(2)29-33-19(23)3/h5-6,8-11,13-14H,4,7,12,15-17H2,1-3H3,(H,28,32). The van der Waals surface area contributed by atoms with Gasteiger partial charge >= 0.3 is 0 Å². The van der Waals surface area contributed by atoms with E-state index in [9.17, 15) is 9.59 Å². The average Bonchev–Trinajstić information content (AvgIpc) is 3.17. The summed E-state index contributed by atoms with van der Waals surface area (Å²) in [4.78, 5) is 32.8. The number of piperidine rings is 1. The second kappa shape index (κ2) is 9.57. The molecule has 3 heterocycles. The van der Waals surface area contributed by atoms with Crippen LogP contribution in [-0.4, -0.2) is 46.5 Å². The summed E-state index contributed by atoms with van der Waals surface area (Å²) in [6.45, 7) is 6.95. The number of amides is 2. The van der Waals surface area contributed by atoms with Gasteiger partial charge in [0.1, 0.15) is 11.3 Å². The van der Waals surface area contributed by atoms with Crippen molar-refractivity contribution in [2.75, 3.05) is 19.6 Å². The van der Waals surface area contributed by atoms with Crippen molar-refractivity contribution in [2.24, 2.45) is 5.41 Å². The molecule has 1 aliphatic rings. The Labute approximate surface area is 194 Å². The minimum absolute atomic E-state index is 0.00852. The van der Waals surface area contributed by atoms with Crippen molar-refractivity contribution >= 4 is 11.8 Å². The summed E-state index contributed by atoms with van der Waals surface area (Å²) in [6.07, 6.45) is 5.56. The third-order valence-electron chi connectivity index (χ3n) is 6.47. The molecule has 0 saturated carbocycles. The van der Waals surface area contributed by atoms with Gasteiger partial charge in [0.15, 0.2) is 0 Å². The Bertz CT molecular complexity index is 1120. The molecule has 7 heteroatoms. The summed E-state index contributed by atoms with van der Waals surface area (Å²) in [5, 5.41) is 6.97.